The summed E-state index contributed by atoms with van der Waals surface area (Å²) in [5.41, 5.74) is 7.44. The fraction of sp³-hybridized carbons (Fsp3) is 0.133. The van der Waals surface area contributed by atoms with Gasteiger partial charge in [0.15, 0.2) is 0 Å². The molecule has 0 aliphatic carbocycles. The lowest BCUT2D eigenvalue weighted by molar-refractivity contribution is -0.113. The number of rotatable bonds is 5. The first-order valence-corrected chi connectivity index (χ1v) is 7.92. The number of nitrogens with two attached hydrogens (primary N) is 1. The van der Waals surface area contributed by atoms with Crippen LogP contribution in [0.2, 0.25) is 0 Å². The number of hydrogen-bond acceptors (Lipinski definition) is 3. The molecule has 0 fully saturated rings. The van der Waals surface area contributed by atoms with E-state index in [-0.39, 0.29) is 5.91 Å². The number of thioether (sulfide) groups is 1. The molecular formula is C15H15BrN2OS. The highest BCUT2D eigenvalue weighted by Gasteiger charge is 2.03. The molecule has 0 aromatic heterocycles. The minimum Gasteiger partial charge on any atom is -0.326 e. The molecule has 0 aliphatic heterocycles. The lowest BCUT2D eigenvalue weighted by Gasteiger charge is -2.06. The van der Waals surface area contributed by atoms with Crippen molar-refractivity contribution in [1.82, 2.24) is 0 Å². The molecule has 2 aromatic carbocycles. The number of carbonyl (C=O) groups excluding carboxylic acids is 1. The van der Waals surface area contributed by atoms with E-state index in [0.29, 0.717) is 12.3 Å². The molecule has 0 atom stereocenters. The predicted molar refractivity (Wildman–Crippen MR) is 87.8 cm³/mol. The van der Waals surface area contributed by atoms with Gasteiger partial charge in [-0.05, 0) is 42.0 Å². The number of carbonyl (C=O) groups is 1. The van der Waals surface area contributed by atoms with Crippen molar-refractivity contribution in [3.05, 3.63) is 58.6 Å². The Bertz CT molecular complexity index is 569. The molecule has 2 rings (SSSR count). The van der Waals surface area contributed by atoms with E-state index in [9.17, 15) is 4.79 Å². The molecule has 0 unspecified atom stereocenters. The van der Waals surface area contributed by atoms with Gasteiger partial charge in [0.2, 0.25) is 5.91 Å². The second-order valence-corrected chi connectivity index (χ2v) is 6.16. The van der Waals surface area contributed by atoms with Crippen LogP contribution in [0.4, 0.5) is 5.69 Å². The van der Waals surface area contributed by atoms with Crippen molar-refractivity contribution in [1.29, 1.82) is 0 Å². The molecule has 0 spiro atoms. The summed E-state index contributed by atoms with van der Waals surface area (Å²) in [6.07, 6.45) is 0. The maximum Gasteiger partial charge on any atom is 0.234 e. The van der Waals surface area contributed by atoms with Gasteiger partial charge in [0, 0.05) is 21.6 Å². The summed E-state index contributed by atoms with van der Waals surface area (Å²) in [5.74, 6) is 0.373. The Morgan fingerprint density at radius 1 is 1.10 bits per heavy atom. The zero-order chi connectivity index (χ0) is 14.4. The molecule has 3 N–H and O–H groups in total. The maximum atomic E-state index is 11.8. The summed E-state index contributed by atoms with van der Waals surface area (Å²) in [7, 11) is 0. The second kappa shape index (κ2) is 7.47. The van der Waals surface area contributed by atoms with Gasteiger partial charge in [-0.15, -0.1) is 11.8 Å². The van der Waals surface area contributed by atoms with Crippen molar-refractivity contribution in [2.24, 2.45) is 5.73 Å². The molecular weight excluding hydrogens is 336 g/mol. The van der Waals surface area contributed by atoms with Crippen LogP contribution >= 0.6 is 27.7 Å². The van der Waals surface area contributed by atoms with Crippen LogP contribution in [0.25, 0.3) is 0 Å². The molecule has 1 amide bonds. The van der Waals surface area contributed by atoms with Gasteiger partial charge in [-0.1, -0.05) is 28.1 Å². The van der Waals surface area contributed by atoms with Gasteiger partial charge in [-0.2, -0.15) is 0 Å². The van der Waals surface area contributed by atoms with Crippen LogP contribution in [-0.4, -0.2) is 11.7 Å². The minimum absolute atomic E-state index is 0.0137. The van der Waals surface area contributed by atoms with Crippen molar-refractivity contribution in [2.45, 2.75) is 11.4 Å². The normalized spacial score (nSPS) is 10.3. The second-order valence-electron chi connectivity index (χ2n) is 4.19. The average Bonchev–Trinajstić information content (AvgIpc) is 2.48. The van der Waals surface area contributed by atoms with E-state index >= 15 is 0 Å². The molecule has 2 aromatic rings. The molecule has 0 saturated carbocycles. The van der Waals surface area contributed by atoms with Gasteiger partial charge in [-0.3, -0.25) is 4.79 Å². The third-order valence-corrected chi connectivity index (χ3v) is 4.20. The first-order valence-electron chi connectivity index (χ1n) is 6.14. The summed E-state index contributed by atoms with van der Waals surface area (Å²) in [5, 5.41) is 2.86. The van der Waals surface area contributed by atoms with Crippen LogP contribution in [-0.2, 0) is 11.3 Å². The molecule has 0 aliphatic rings. The highest BCUT2D eigenvalue weighted by molar-refractivity contribution is 9.10. The molecule has 5 heteroatoms. The van der Waals surface area contributed by atoms with Crippen LogP contribution < -0.4 is 11.1 Å². The standard InChI is InChI=1S/C15H15BrN2OS/c16-12-3-5-13(6-4-12)18-15(19)10-20-14-7-1-11(9-17)2-8-14/h1-8H,9-10,17H2,(H,18,19). The van der Waals surface area contributed by atoms with Crippen molar-refractivity contribution >= 4 is 39.3 Å². The van der Waals surface area contributed by atoms with Gasteiger partial charge in [0.05, 0.1) is 5.75 Å². The Kier molecular flexibility index (Phi) is 5.64. The Hall–Kier alpha value is -1.30. The van der Waals surface area contributed by atoms with E-state index in [1.165, 1.54) is 11.8 Å². The van der Waals surface area contributed by atoms with Crippen molar-refractivity contribution < 1.29 is 4.79 Å². The van der Waals surface area contributed by atoms with Crippen LogP contribution in [0.5, 0.6) is 0 Å². The van der Waals surface area contributed by atoms with E-state index < -0.39 is 0 Å². The number of nitrogens with one attached hydrogen (secondary N) is 1. The molecule has 3 nitrogen and oxygen atoms in total. The van der Waals surface area contributed by atoms with Crippen molar-refractivity contribution in [3.63, 3.8) is 0 Å². The topological polar surface area (TPSA) is 55.1 Å². The quantitative estimate of drug-likeness (QED) is 0.809. The Balaban J connectivity index is 1.83. The minimum atomic E-state index is -0.0137. The summed E-state index contributed by atoms with van der Waals surface area (Å²) < 4.78 is 0.991. The van der Waals surface area contributed by atoms with Gasteiger partial charge >= 0.3 is 0 Å². The largest absolute Gasteiger partial charge is 0.326 e. The SMILES string of the molecule is NCc1ccc(SCC(=O)Nc2ccc(Br)cc2)cc1. The lowest BCUT2D eigenvalue weighted by Crippen LogP contribution is -2.13. The smallest absolute Gasteiger partial charge is 0.234 e. The highest BCUT2D eigenvalue weighted by Crippen LogP contribution is 2.19. The predicted octanol–water partition coefficient (Wildman–Crippen LogP) is 3.64. The Labute approximate surface area is 131 Å². The molecule has 0 saturated heterocycles. The number of amides is 1. The van der Waals surface area contributed by atoms with E-state index in [0.717, 1.165) is 20.6 Å². The van der Waals surface area contributed by atoms with Crippen molar-refractivity contribution in [3.8, 4) is 0 Å². The first-order chi connectivity index (χ1) is 9.67. The van der Waals surface area contributed by atoms with Gasteiger partial charge in [-0.25, -0.2) is 0 Å². The Morgan fingerprint density at radius 3 is 2.35 bits per heavy atom. The summed E-state index contributed by atoms with van der Waals surface area (Å²) >= 11 is 4.87. The highest BCUT2D eigenvalue weighted by atomic mass is 79.9. The summed E-state index contributed by atoms with van der Waals surface area (Å²) in [4.78, 5) is 12.9. The average molecular weight is 351 g/mol. The molecule has 104 valence electrons. The van der Waals surface area contributed by atoms with Crippen LogP contribution in [0, 0.1) is 0 Å². The molecule has 0 radical (unpaired) electrons. The van der Waals surface area contributed by atoms with E-state index in [1.54, 1.807) is 0 Å². The Morgan fingerprint density at radius 2 is 1.75 bits per heavy atom. The van der Waals surface area contributed by atoms with E-state index in [1.807, 2.05) is 48.5 Å². The number of hydrogen-bond donors (Lipinski definition) is 2. The fourth-order valence-electron chi connectivity index (χ4n) is 1.60. The number of anilines is 1. The summed E-state index contributed by atoms with van der Waals surface area (Å²) in [6, 6.07) is 15.5. The van der Waals surface area contributed by atoms with Gasteiger partial charge in [0.25, 0.3) is 0 Å². The van der Waals surface area contributed by atoms with Crippen LogP contribution in [0.1, 0.15) is 5.56 Å². The maximum absolute atomic E-state index is 11.8. The molecule has 20 heavy (non-hydrogen) atoms. The molecule has 0 bridgehead atoms. The van der Waals surface area contributed by atoms with E-state index in [4.69, 9.17) is 5.73 Å². The van der Waals surface area contributed by atoms with Crippen molar-refractivity contribution in [2.75, 3.05) is 11.1 Å². The fourth-order valence-corrected chi connectivity index (χ4v) is 2.56. The third kappa shape index (κ3) is 4.67. The van der Waals surface area contributed by atoms with Crippen LogP contribution in [0.3, 0.4) is 0 Å². The van der Waals surface area contributed by atoms with Gasteiger partial charge < -0.3 is 11.1 Å². The number of halogens is 1. The van der Waals surface area contributed by atoms with E-state index in [2.05, 4.69) is 21.2 Å². The monoisotopic (exact) mass is 350 g/mol. The third-order valence-electron chi connectivity index (χ3n) is 2.66. The lowest BCUT2D eigenvalue weighted by atomic mass is 10.2. The van der Waals surface area contributed by atoms with Gasteiger partial charge in [0.1, 0.15) is 0 Å². The summed E-state index contributed by atoms with van der Waals surface area (Å²) in [6.45, 7) is 0.537. The number of benzene rings is 2. The first kappa shape index (κ1) is 15.1. The zero-order valence-corrected chi connectivity index (χ0v) is 13.2. The van der Waals surface area contributed by atoms with Crippen LogP contribution in [0.15, 0.2) is 57.9 Å². The zero-order valence-electron chi connectivity index (χ0n) is 10.8. The molecule has 0 heterocycles.